The lowest BCUT2D eigenvalue weighted by atomic mass is 10.0. The van der Waals surface area contributed by atoms with Crippen LogP contribution in [0.3, 0.4) is 0 Å². The van der Waals surface area contributed by atoms with Crippen LogP contribution in [0.15, 0.2) is 53.3 Å². The van der Waals surface area contributed by atoms with Crippen LogP contribution in [0.2, 0.25) is 0 Å². The quantitative estimate of drug-likeness (QED) is 0.618. The van der Waals surface area contributed by atoms with Gasteiger partial charge in [0.2, 0.25) is 5.91 Å². The smallest absolute Gasteiger partial charge is 0.270 e. The maximum atomic E-state index is 12.4. The molecule has 0 saturated carbocycles. The number of H-pyrrole nitrogens is 1. The second-order valence-electron chi connectivity index (χ2n) is 7.41. The lowest BCUT2D eigenvalue weighted by Gasteiger charge is -2.25. The number of likely N-dealkylation sites (N-methyl/N-ethyl adjacent to an activating group) is 1. The van der Waals surface area contributed by atoms with E-state index in [-0.39, 0.29) is 23.9 Å². The van der Waals surface area contributed by atoms with Crippen LogP contribution in [-0.4, -0.2) is 41.4 Å². The van der Waals surface area contributed by atoms with E-state index in [9.17, 15) is 9.59 Å². The number of rotatable bonds is 8. The Morgan fingerprint density at radius 2 is 1.86 bits per heavy atom. The maximum absolute atomic E-state index is 12.4. The van der Waals surface area contributed by atoms with Crippen LogP contribution in [-0.2, 0) is 17.6 Å². The summed E-state index contributed by atoms with van der Waals surface area (Å²) >= 11 is 0. The molecule has 1 atom stereocenters. The van der Waals surface area contributed by atoms with Gasteiger partial charge in [-0.3, -0.25) is 9.59 Å². The Morgan fingerprint density at radius 1 is 1.14 bits per heavy atom. The Morgan fingerprint density at radius 3 is 2.55 bits per heavy atom. The number of nitrogens with one attached hydrogen (secondary N) is 2. The number of carbonyl (C=O) groups is 1. The maximum Gasteiger partial charge on any atom is 0.270 e. The molecule has 1 amide bonds. The fourth-order valence-electron chi connectivity index (χ4n) is 3.34. The molecule has 0 saturated heterocycles. The van der Waals surface area contributed by atoms with Crippen molar-refractivity contribution in [2.45, 2.75) is 32.2 Å². The number of para-hydroxylation sites is 2. The largest absolute Gasteiger partial charge is 0.354 e. The standard InChI is InChI=1S/C23H28N4O2/c1-4-16-9-11-17(12-10-16)21(27(2)3)15-24-22(28)14-13-20-23(29)26-19-8-6-5-7-18(19)25-20/h5-12,21H,4,13-15H2,1-3H3,(H,24,28)(H,26,29)/t21-/m0/s1. The molecule has 1 heterocycles. The normalized spacial score (nSPS) is 12.3. The van der Waals surface area contributed by atoms with E-state index in [0.29, 0.717) is 24.2 Å². The van der Waals surface area contributed by atoms with Crippen molar-refractivity contribution in [1.29, 1.82) is 0 Å². The van der Waals surface area contributed by atoms with Crippen molar-refractivity contribution in [3.8, 4) is 0 Å². The Labute approximate surface area is 171 Å². The summed E-state index contributed by atoms with van der Waals surface area (Å²) in [5.74, 6) is -0.0867. The first kappa shape index (κ1) is 20.7. The van der Waals surface area contributed by atoms with Gasteiger partial charge < -0.3 is 15.2 Å². The first-order valence-corrected chi connectivity index (χ1v) is 9.98. The van der Waals surface area contributed by atoms with Gasteiger partial charge in [-0.1, -0.05) is 43.3 Å². The van der Waals surface area contributed by atoms with Crippen LogP contribution >= 0.6 is 0 Å². The summed E-state index contributed by atoms with van der Waals surface area (Å²) in [5.41, 5.74) is 4.04. The van der Waals surface area contributed by atoms with E-state index in [2.05, 4.69) is 51.4 Å². The van der Waals surface area contributed by atoms with Gasteiger partial charge in [-0.25, -0.2) is 4.98 Å². The van der Waals surface area contributed by atoms with Crippen molar-refractivity contribution < 1.29 is 4.79 Å². The predicted molar refractivity (Wildman–Crippen MR) is 116 cm³/mol. The van der Waals surface area contributed by atoms with Crippen LogP contribution in [0.1, 0.15) is 36.2 Å². The van der Waals surface area contributed by atoms with E-state index in [4.69, 9.17) is 0 Å². The summed E-state index contributed by atoms with van der Waals surface area (Å²) in [6.07, 6.45) is 1.54. The molecule has 0 aliphatic carbocycles. The molecule has 0 bridgehead atoms. The highest BCUT2D eigenvalue weighted by Gasteiger charge is 2.16. The third kappa shape index (κ3) is 5.29. The fraction of sp³-hybridized carbons (Fsp3) is 0.348. The van der Waals surface area contributed by atoms with Crippen LogP contribution in [0.4, 0.5) is 0 Å². The molecule has 6 nitrogen and oxygen atoms in total. The van der Waals surface area contributed by atoms with Crippen molar-refractivity contribution in [2.75, 3.05) is 20.6 Å². The minimum Gasteiger partial charge on any atom is -0.354 e. The number of hydrogen-bond donors (Lipinski definition) is 2. The SMILES string of the molecule is CCc1ccc([C@H](CNC(=O)CCc2nc3ccccc3[nH]c2=O)N(C)C)cc1. The molecule has 2 aromatic carbocycles. The monoisotopic (exact) mass is 392 g/mol. The summed E-state index contributed by atoms with van der Waals surface area (Å²) in [4.78, 5) is 33.9. The van der Waals surface area contributed by atoms with E-state index in [1.165, 1.54) is 11.1 Å². The van der Waals surface area contributed by atoms with Gasteiger partial charge in [0.05, 0.1) is 17.1 Å². The number of aromatic nitrogens is 2. The van der Waals surface area contributed by atoms with Gasteiger partial charge in [0, 0.05) is 19.4 Å². The molecule has 3 rings (SSSR count). The molecule has 3 aromatic rings. The number of amides is 1. The van der Waals surface area contributed by atoms with E-state index < -0.39 is 0 Å². The molecule has 0 spiro atoms. The van der Waals surface area contributed by atoms with Crippen molar-refractivity contribution >= 4 is 16.9 Å². The zero-order valence-electron chi connectivity index (χ0n) is 17.2. The summed E-state index contributed by atoms with van der Waals surface area (Å²) in [6, 6.07) is 16.0. The minimum absolute atomic E-state index is 0.0867. The highest BCUT2D eigenvalue weighted by molar-refractivity contribution is 5.76. The lowest BCUT2D eigenvalue weighted by Crippen LogP contribution is -2.34. The first-order chi connectivity index (χ1) is 14.0. The van der Waals surface area contributed by atoms with Gasteiger partial charge in [0.15, 0.2) is 0 Å². The van der Waals surface area contributed by atoms with Gasteiger partial charge in [-0.2, -0.15) is 0 Å². The predicted octanol–water partition coefficient (Wildman–Crippen LogP) is 2.84. The van der Waals surface area contributed by atoms with Gasteiger partial charge >= 0.3 is 0 Å². The topological polar surface area (TPSA) is 78.1 Å². The average Bonchev–Trinajstić information content (AvgIpc) is 2.72. The van der Waals surface area contributed by atoms with Crippen LogP contribution in [0.5, 0.6) is 0 Å². The van der Waals surface area contributed by atoms with E-state index in [1.807, 2.05) is 38.4 Å². The first-order valence-electron chi connectivity index (χ1n) is 9.98. The Kier molecular flexibility index (Phi) is 6.77. The van der Waals surface area contributed by atoms with Gasteiger partial charge in [-0.15, -0.1) is 0 Å². The molecule has 6 heteroatoms. The number of carbonyl (C=O) groups excluding carboxylic acids is 1. The van der Waals surface area contributed by atoms with E-state index >= 15 is 0 Å². The molecule has 0 aliphatic heterocycles. The molecule has 0 radical (unpaired) electrons. The van der Waals surface area contributed by atoms with Crippen LogP contribution in [0.25, 0.3) is 11.0 Å². The second-order valence-corrected chi connectivity index (χ2v) is 7.41. The molecule has 0 fully saturated rings. The number of hydrogen-bond acceptors (Lipinski definition) is 4. The van der Waals surface area contributed by atoms with Crippen molar-refractivity contribution in [1.82, 2.24) is 20.2 Å². The molecular weight excluding hydrogens is 364 g/mol. The number of nitrogens with zero attached hydrogens (tertiary/aromatic N) is 2. The van der Waals surface area contributed by atoms with E-state index in [0.717, 1.165) is 11.9 Å². The zero-order valence-corrected chi connectivity index (χ0v) is 17.2. The molecule has 1 aromatic heterocycles. The third-order valence-corrected chi connectivity index (χ3v) is 5.15. The molecule has 29 heavy (non-hydrogen) atoms. The molecular formula is C23H28N4O2. The Balaban J connectivity index is 1.59. The minimum atomic E-state index is -0.237. The fourth-order valence-corrected chi connectivity index (χ4v) is 3.34. The summed E-state index contributed by atoms with van der Waals surface area (Å²) in [7, 11) is 4.01. The zero-order chi connectivity index (χ0) is 20.8. The number of benzene rings is 2. The van der Waals surface area contributed by atoms with Crippen molar-refractivity contribution in [3.05, 3.63) is 75.7 Å². The molecule has 0 unspecified atom stereocenters. The lowest BCUT2D eigenvalue weighted by molar-refractivity contribution is -0.121. The molecule has 0 aliphatic rings. The molecule has 152 valence electrons. The highest BCUT2D eigenvalue weighted by Crippen LogP contribution is 2.18. The van der Waals surface area contributed by atoms with Crippen molar-refractivity contribution in [3.63, 3.8) is 0 Å². The number of aromatic amines is 1. The third-order valence-electron chi connectivity index (χ3n) is 5.15. The highest BCUT2D eigenvalue weighted by atomic mass is 16.1. The summed E-state index contributed by atoms with van der Waals surface area (Å²) < 4.78 is 0. The van der Waals surface area contributed by atoms with Gasteiger partial charge in [-0.05, 0) is 43.8 Å². The molecule has 2 N–H and O–H groups in total. The van der Waals surface area contributed by atoms with Gasteiger partial charge in [0.25, 0.3) is 5.56 Å². The van der Waals surface area contributed by atoms with Crippen LogP contribution in [0, 0.1) is 0 Å². The Bertz CT molecular complexity index is 1020. The Hall–Kier alpha value is -2.99. The van der Waals surface area contributed by atoms with Crippen molar-refractivity contribution in [2.24, 2.45) is 0 Å². The summed E-state index contributed by atoms with van der Waals surface area (Å²) in [6.45, 7) is 2.65. The van der Waals surface area contributed by atoms with Gasteiger partial charge in [0.1, 0.15) is 5.69 Å². The second kappa shape index (κ2) is 9.47. The van der Waals surface area contributed by atoms with E-state index in [1.54, 1.807) is 0 Å². The van der Waals surface area contributed by atoms with Crippen LogP contribution < -0.4 is 10.9 Å². The summed E-state index contributed by atoms with van der Waals surface area (Å²) in [5, 5.41) is 3.00. The average molecular weight is 393 g/mol. The number of fused-ring (bicyclic) bond motifs is 1. The number of aryl methyl sites for hydroxylation is 2.